The fraction of sp³-hybridized carbons (Fsp3) is 0.333. The SMILES string of the molecule is Cc1cc([N+](=O)[O-])ccc1N1C(=O)C(C)(C)NC1=S. The molecule has 0 aromatic heterocycles. The van der Waals surface area contributed by atoms with E-state index in [0.717, 1.165) is 0 Å². The fourth-order valence-corrected chi connectivity index (χ4v) is 2.41. The summed E-state index contributed by atoms with van der Waals surface area (Å²) < 4.78 is 0. The van der Waals surface area contributed by atoms with Crippen molar-refractivity contribution in [1.29, 1.82) is 0 Å². The normalized spacial score (nSPS) is 17.5. The maximum Gasteiger partial charge on any atom is 0.269 e. The van der Waals surface area contributed by atoms with Crippen LogP contribution >= 0.6 is 12.2 Å². The molecule has 0 saturated carbocycles. The number of hydrogen-bond acceptors (Lipinski definition) is 4. The number of non-ortho nitro benzene ring substituents is 1. The summed E-state index contributed by atoms with van der Waals surface area (Å²) in [6.45, 7) is 5.19. The first-order valence-corrected chi connectivity index (χ1v) is 6.06. The van der Waals surface area contributed by atoms with E-state index in [4.69, 9.17) is 12.2 Å². The van der Waals surface area contributed by atoms with Gasteiger partial charge in [-0.25, -0.2) is 0 Å². The summed E-state index contributed by atoms with van der Waals surface area (Å²) in [5.41, 5.74) is 0.430. The van der Waals surface area contributed by atoms with Crippen LogP contribution in [0.15, 0.2) is 18.2 Å². The minimum Gasteiger partial charge on any atom is -0.348 e. The van der Waals surface area contributed by atoms with Crippen molar-refractivity contribution in [1.82, 2.24) is 5.32 Å². The van der Waals surface area contributed by atoms with Crippen LogP contribution in [0, 0.1) is 17.0 Å². The van der Waals surface area contributed by atoms with Crippen LogP contribution in [0.4, 0.5) is 11.4 Å². The van der Waals surface area contributed by atoms with Gasteiger partial charge in [0.15, 0.2) is 5.11 Å². The molecule has 0 spiro atoms. The number of benzene rings is 1. The van der Waals surface area contributed by atoms with Crippen molar-refractivity contribution in [3.8, 4) is 0 Å². The zero-order chi connectivity index (χ0) is 14.4. The summed E-state index contributed by atoms with van der Waals surface area (Å²) in [5, 5.41) is 13.9. The molecule has 1 aromatic carbocycles. The highest BCUT2D eigenvalue weighted by molar-refractivity contribution is 7.80. The lowest BCUT2D eigenvalue weighted by Gasteiger charge is -2.18. The standard InChI is InChI=1S/C12H13N3O3S/c1-7-6-8(15(17)18)4-5-9(7)14-10(16)12(2,3)13-11(14)19/h4-6H,1-3H3,(H,13,19). The predicted molar refractivity (Wildman–Crippen MR) is 75.1 cm³/mol. The van der Waals surface area contributed by atoms with Gasteiger partial charge in [0, 0.05) is 12.1 Å². The van der Waals surface area contributed by atoms with Gasteiger partial charge < -0.3 is 5.32 Å². The number of nitrogens with zero attached hydrogens (tertiary/aromatic N) is 2. The number of thiocarbonyl (C=S) groups is 1. The molecule has 1 N–H and O–H groups in total. The summed E-state index contributed by atoms with van der Waals surface area (Å²) in [5.74, 6) is -0.172. The second-order valence-corrected chi connectivity index (χ2v) is 5.31. The van der Waals surface area contributed by atoms with Crippen LogP contribution in [-0.4, -0.2) is 21.5 Å². The quantitative estimate of drug-likeness (QED) is 0.508. The molecule has 6 nitrogen and oxygen atoms in total. The average Bonchev–Trinajstić information content (AvgIpc) is 2.49. The number of nitrogens with one attached hydrogen (secondary N) is 1. The zero-order valence-electron chi connectivity index (χ0n) is 10.8. The van der Waals surface area contributed by atoms with Crippen molar-refractivity contribution in [2.75, 3.05) is 4.90 Å². The van der Waals surface area contributed by atoms with Gasteiger partial charge in [-0.15, -0.1) is 0 Å². The van der Waals surface area contributed by atoms with E-state index in [2.05, 4.69) is 5.32 Å². The Morgan fingerprint density at radius 2 is 2.05 bits per heavy atom. The van der Waals surface area contributed by atoms with Gasteiger partial charge in [0.25, 0.3) is 11.6 Å². The number of carbonyl (C=O) groups excluding carboxylic acids is 1. The highest BCUT2D eigenvalue weighted by Gasteiger charge is 2.43. The first-order chi connectivity index (χ1) is 8.74. The smallest absolute Gasteiger partial charge is 0.269 e. The molecule has 100 valence electrons. The van der Waals surface area contributed by atoms with Crippen LogP contribution in [0.25, 0.3) is 0 Å². The number of carbonyl (C=O) groups is 1. The second-order valence-electron chi connectivity index (χ2n) is 4.92. The van der Waals surface area contributed by atoms with Crippen molar-refractivity contribution < 1.29 is 9.72 Å². The van der Waals surface area contributed by atoms with Gasteiger partial charge in [-0.1, -0.05) is 0 Å². The molecule has 0 aliphatic carbocycles. The Morgan fingerprint density at radius 1 is 1.42 bits per heavy atom. The predicted octanol–water partition coefficient (Wildman–Crippen LogP) is 1.90. The van der Waals surface area contributed by atoms with E-state index in [1.54, 1.807) is 26.8 Å². The lowest BCUT2D eigenvalue weighted by Crippen LogP contribution is -2.40. The Labute approximate surface area is 115 Å². The Morgan fingerprint density at radius 3 is 2.47 bits per heavy atom. The molecule has 1 aliphatic heterocycles. The molecule has 1 aliphatic rings. The van der Waals surface area contributed by atoms with Gasteiger partial charge in [0.2, 0.25) is 0 Å². The molecule has 1 amide bonds. The topological polar surface area (TPSA) is 75.5 Å². The Balaban J connectivity index is 2.46. The molecular formula is C12H13N3O3S. The molecular weight excluding hydrogens is 266 g/mol. The average molecular weight is 279 g/mol. The van der Waals surface area contributed by atoms with Gasteiger partial charge in [0.05, 0.1) is 10.6 Å². The number of anilines is 1. The molecule has 7 heteroatoms. The Hall–Kier alpha value is -2.02. The van der Waals surface area contributed by atoms with Crippen LogP contribution in [0.2, 0.25) is 0 Å². The first-order valence-electron chi connectivity index (χ1n) is 5.66. The van der Waals surface area contributed by atoms with Gasteiger partial charge in [-0.05, 0) is 44.6 Å². The summed E-state index contributed by atoms with van der Waals surface area (Å²) in [7, 11) is 0. The molecule has 1 heterocycles. The summed E-state index contributed by atoms with van der Waals surface area (Å²) >= 11 is 5.15. The van der Waals surface area contributed by atoms with E-state index < -0.39 is 10.5 Å². The van der Waals surface area contributed by atoms with Gasteiger partial charge in [0.1, 0.15) is 5.54 Å². The molecule has 0 atom stereocenters. The van der Waals surface area contributed by atoms with E-state index in [1.807, 2.05) is 0 Å². The molecule has 0 bridgehead atoms. The van der Waals surface area contributed by atoms with Crippen LogP contribution in [-0.2, 0) is 4.79 Å². The maximum atomic E-state index is 12.3. The lowest BCUT2D eigenvalue weighted by molar-refractivity contribution is -0.384. The summed E-state index contributed by atoms with van der Waals surface area (Å²) in [6.07, 6.45) is 0. The third kappa shape index (κ3) is 2.17. The Kier molecular flexibility index (Phi) is 3.01. The van der Waals surface area contributed by atoms with Crippen molar-refractivity contribution in [2.45, 2.75) is 26.3 Å². The van der Waals surface area contributed by atoms with Crippen molar-refractivity contribution in [3.63, 3.8) is 0 Å². The third-order valence-corrected chi connectivity index (χ3v) is 3.28. The van der Waals surface area contributed by atoms with Gasteiger partial charge >= 0.3 is 0 Å². The summed E-state index contributed by atoms with van der Waals surface area (Å²) in [6, 6.07) is 4.33. The van der Waals surface area contributed by atoms with Crippen LogP contribution in [0.3, 0.4) is 0 Å². The molecule has 0 unspecified atom stereocenters. The second kappa shape index (κ2) is 4.27. The van der Waals surface area contributed by atoms with Crippen molar-refractivity contribution in [3.05, 3.63) is 33.9 Å². The summed E-state index contributed by atoms with van der Waals surface area (Å²) in [4.78, 5) is 23.9. The van der Waals surface area contributed by atoms with Crippen molar-refractivity contribution >= 4 is 34.6 Å². The number of nitro benzene ring substituents is 1. The minimum atomic E-state index is -0.759. The molecule has 1 saturated heterocycles. The van der Waals surface area contributed by atoms with E-state index in [9.17, 15) is 14.9 Å². The maximum absolute atomic E-state index is 12.3. The monoisotopic (exact) mass is 279 g/mol. The van der Waals surface area contributed by atoms with E-state index in [1.165, 1.54) is 17.0 Å². The molecule has 2 rings (SSSR count). The fourth-order valence-electron chi connectivity index (χ4n) is 1.97. The van der Waals surface area contributed by atoms with Crippen LogP contribution in [0.1, 0.15) is 19.4 Å². The molecule has 19 heavy (non-hydrogen) atoms. The highest BCUT2D eigenvalue weighted by atomic mass is 32.1. The van der Waals surface area contributed by atoms with Gasteiger partial charge in [-0.3, -0.25) is 19.8 Å². The van der Waals surface area contributed by atoms with E-state index in [-0.39, 0.29) is 11.6 Å². The zero-order valence-corrected chi connectivity index (χ0v) is 11.6. The largest absolute Gasteiger partial charge is 0.348 e. The lowest BCUT2D eigenvalue weighted by atomic mass is 10.1. The van der Waals surface area contributed by atoms with Gasteiger partial charge in [-0.2, -0.15) is 0 Å². The highest BCUT2D eigenvalue weighted by Crippen LogP contribution is 2.29. The number of aryl methyl sites for hydroxylation is 1. The number of nitro groups is 1. The Bertz CT molecular complexity index is 598. The minimum absolute atomic E-state index is 0.00830. The number of amides is 1. The molecule has 1 aromatic rings. The number of rotatable bonds is 2. The van der Waals surface area contributed by atoms with E-state index in [0.29, 0.717) is 16.4 Å². The van der Waals surface area contributed by atoms with Crippen LogP contribution in [0.5, 0.6) is 0 Å². The number of hydrogen-bond donors (Lipinski definition) is 1. The van der Waals surface area contributed by atoms with E-state index >= 15 is 0 Å². The first kappa shape index (κ1) is 13.4. The van der Waals surface area contributed by atoms with Crippen LogP contribution < -0.4 is 10.2 Å². The molecule has 1 fully saturated rings. The van der Waals surface area contributed by atoms with Crippen molar-refractivity contribution in [2.24, 2.45) is 0 Å². The molecule has 0 radical (unpaired) electrons. The third-order valence-electron chi connectivity index (χ3n) is 2.99.